The van der Waals surface area contributed by atoms with Gasteiger partial charge >= 0.3 is 0 Å². The molecule has 3 nitrogen and oxygen atoms in total. The summed E-state index contributed by atoms with van der Waals surface area (Å²) in [6.45, 7) is 0.142. The maximum atomic E-state index is 13.5. The van der Waals surface area contributed by atoms with Crippen LogP contribution in [0.1, 0.15) is 10.4 Å². The molecule has 15 heavy (non-hydrogen) atoms. The molecule has 78 valence electrons. The van der Waals surface area contributed by atoms with Crippen LogP contribution in [0.2, 0.25) is 0 Å². The molecule has 0 atom stereocenters. The lowest BCUT2D eigenvalue weighted by atomic mass is 10.1. The van der Waals surface area contributed by atoms with Crippen molar-refractivity contribution >= 4 is 16.7 Å². The van der Waals surface area contributed by atoms with Gasteiger partial charge in [0, 0.05) is 17.1 Å². The maximum absolute atomic E-state index is 13.5. The van der Waals surface area contributed by atoms with Crippen LogP contribution in [-0.4, -0.2) is 24.4 Å². The van der Waals surface area contributed by atoms with Crippen LogP contribution >= 0.6 is 0 Å². The van der Waals surface area contributed by atoms with Crippen molar-refractivity contribution in [3.63, 3.8) is 0 Å². The predicted octanol–water partition coefficient (Wildman–Crippen LogP) is 1.71. The third-order valence-electron chi connectivity index (χ3n) is 2.28. The van der Waals surface area contributed by atoms with Crippen LogP contribution in [0.25, 0.3) is 10.9 Å². The van der Waals surface area contributed by atoms with Crippen molar-refractivity contribution in [1.29, 1.82) is 0 Å². The smallest absolute Gasteiger partial charge is 0.179 e. The molecule has 0 saturated heterocycles. The largest absolute Gasteiger partial charge is 0.361 e. The molecule has 0 fully saturated rings. The van der Waals surface area contributed by atoms with Crippen LogP contribution < -0.4 is 5.32 Å². The number of halogens is 1. The van der Waals surface area contributed by atoms with E-state index in [-0.39, 0.29) is 17.9 Å². The van der Waals surface area contributed by atoms with E-state index in [0.717, 1.165) is 10.9 Å². The van der Waals surface area contributed by atoms with Gasteiger partial charge in [0.15, 0.2) is 5.78 Å². The first-order valence-electron chi connectivity index (χ1n) is 4.67. The number of aromatic amines is 1. The number of hydrogen-bond acceptors (Lipinski definition) is 2. The van der Waals surface area contributed by atoms with E-state index in [1.54, 1.807) is 25.4 Å². The fourth-order valence-electron chi connectivity index (χ4n) is 1.54. The lowest BCUT2D eigenvalue weighted by Gasteiger charge is -2.02. The number of likely N-dealkylation sites (N-methyl/N-ethyl adjacent to an activating group) is 1. The first-order valence-corrected chi connectivity index (χ1v) is 4.67. The molecule has 0 radical (unpaired) electrons. The van der Waals surface area contributed by atoms with E-state index in [2.05, 4.69) is 10.3 Å². The topological polar surface area (TPSA) is 44.9 Å². The molecular formula is C11H11FN2O. The van der Waals surface area contributed by atoms with Crippen molar-refractivity contribution in [3.8, 4) is 0 Å². The van der Waals surface area contributed by atoms with Crippen molar-refractivity contribution in [2.45, 2.75) is 0 Å². The third kappa shape index (κ3) is 1.76. The fourth-order valence-corrected chi connectivity index (χ4v) is 1.54. The quantitative estimate of drug-likeness (QED) is 0.751. The molecule has 0 saturated carbocycles. The second-order valence-electron chi connectivity index (χ2n) is 3.35. The average Bonchev–Trinajstić information content (AvgIpc) is 2.63. The number of Topliss-reactive ketones (excluding diaryl/α,β-unsaturated/α-hetero) is 1. The Bertz CT molecular complexity index is 504. The fraction of sp³-hybridized carbons (Fsp3) is 0.182. The Kier molecular flexibility index (Phi) is 2.51. The summed E-state index contributed by atoms with van der Waals surface area (Å²) in [5.74, 6) is -0.714. The second-order valence-corrected chi connectivity index (χ2v) is 3.35. The maximum Gasteiger partial charge on any atom is 0.179 e. The van der Waals surface area contributed by atoms with Crippen LogP contribution in [0.4, 0.5) is 4.39 Å². The predicted molar refractivity (Wildman–Crippen MR) is 56.5 cm³/mol. The minimum atomic E-state index is -0.470. The van der Waals surface area contributed by atoms with Gasteiger partial charge < -0.3 is 10.3 Å². The molecule has 0 bridgehead atoms. The lowest BCUT2D eigenvalue weighted by molar-refractivity contribution is 0.0990. The Morgan fingerprint density at radius 1 is 1.53 bits per heavy atom. The van der Waals surface area contributed by atoms with E-state index in [0.29, 0.717) is 0 Å². The van der Waals surface area contributed by atoms with Gasteiger partial charge in [-0.05, 0) is 25.2 Å². The zero-order chi connectivity index (χ0) is 10.8. The summed E-state index contributed by atoms with van der Waals surface area (Å²) in [5.41, 5.74) is 0.898. The van der Waals surface area contributed by atoms with Crippen molar-refractivity contribution in [1.82, 2.24) is 10.3 Å². The van der Waals surface area contributed by atoms with Gasteiger partial charge in [-0.15, -0.1) is 0 Å². The zero-order valence-corrected chi connectivity index (χ0v) is 8.30. The summed E-state index contributed by atoms with van der Waals surface area (Å²) in [6.07, 6.45) is 1.72. The summed E-state index contributed by atoms with van der Waals surface area (Å²) in [6, 6.07) is 4.68. The van der Waals surface area contributed by atoms with E-state index in [1.165, 1.54) is 6.07 Å². The van der Waals surface area contributed by atoms with Crippen molar-refractivity contribution in [2.75, 3.05) is 13.6 Å². The number of ketones is 1. The van der Waals surface area contributed by atoms with Crippen LogP contribution in [0.3, 0.4) is 0 Å². The van der Waals surface area contributed by atoms with E-state index in [1.807, 2.05) is 0 Å². The number of fused-ring (bicyclic) bond motifs is 1. The summed E-state index contributed by atoms with van der Waals surface area (Å²) in [5, 5.41) is 3.48. The number of benzene rings is 1. The second kappa shape index (κ2) is 3.82. The van der Waals surface area contributed by atoms with Gasteiger partial charge in [-0.3, -0.25) is 4.79 Å². The molecule has 0 amide bonds. The Morgan fingerprint density at radius 3 is 3.07 bits per heavy atom. The standard InChI is InChI=1S/C11H11FN2O/c1-13-6-11(15)8-5-10-7(2-3-14-10)4-9(8)12/h2-5,13-14H,6H2,1H3. The third-order valence-corrected chi connectivity index (χ3v) is 2.28. The minimum absolute atomic E-state index is 0.124. The average molecular weight is 206 g/mol. The van der Waals surface area contributed by atoms with Crippen LogP contribution in [0.5, 0.6) is 0 Å². The molecule has 1 aromatic heterocycles. The molecule has 0 spiro atoms. The highest BCUT2D eigenvalue weighted by Gasteiger charge is 2.12. The molecule has 1 heterocycles. The van der Waals surface area contributed by atoms with Gasteiger partial charge in [0.2, 0.25) is 0 Å². The lowest BCUT2D eigenvalue weighted by Crippen LogP contribution is -2.19. The highest BCUT2D eigenvalue weighted by Crippen LogP contribution is 2.18. The first kappa shape index (κ1) is 9.86. The summed E-state index contributed by atoms with van der Waals surface area (Å²) in [7, 11) is 1.66. The van der Waals surface area contributed by atoms with Crippen molar-refractivity contribution in [2.24, 2.45) is 0 Å². The minimum Gasteiger partial charge on any atom is -0.361 e. The Morgan fingerprint density at radius 2 is 2.33 bits per heavy atom. The summed E-state index contributed by atoms with van der Waals surface area (Å²) < 4.78 is 13.5. The number of carbonyl (C=O) groups excluding carboxylic acids is 1. The van der Waals surface area contributed by atoms with Crippen molar-refractivity contribution < 1.29 is 9.18 Å². The normalized spacial score (nSPS) is 10.8. The number of H-pyrrole nitrogens is 1. The van der Waals surface area contributed by atoms with E-state index >= 15 is 0 Å². The van der Waals surface area contributed by atoms with E-state index in [4.69, 9.17) is 0 Å². The van der Waals surface area contributed by atoms with Gasteiger partial charge in [-0.2, -0.15) is 0 Å². The Hall–Kier alpha value is -1.68. The molecule has 4 heteroatoms. The zero-order valence-electron chi connectivity index (χ0n) is 8.30. The van der Waals surface area contributed by atoms with Gasteiger partial charge in [0.1, 0.15) is 5.82 Å². The van der Waals surface area contributed by atoms with Crippen LogP contribution in [0.15, 0.2) is 24.4 Å². The molecule has 2 N–H and O–H groups in total. The number of hydrogen-bond donors (Lipinski definition) is 2. The summed E-state index contributed by atoms with van der Waals surface area (Å²) in [4.78, 5) is 14.5. The number of rotatable bonds is 3. The first-order chi connectivity index (χ1) is 7.22. The summed E-state index contributed by atoms with van der Waals surface area (Å²) >= 11 is 0. The van der Waals surface area contributed by atoms with Gasteiger partial charge in [-0.25, -0.2) is 4.39 Å². The van der Waals surface area contributed by atoms with Gasteiger partial charge in [-0.1, -0.05) is 0 Å². The SMILES string of the molecule is CNCC(=O)c1cc2[nH]ccc2cc1F. The molecule has 0 unspecified atom stereocenters. The highest BCUT2D eigenvalue weighted by molar-refractivity contribution is 6.00. The molecular weight excluding hydrogens is 195 g/mol. The van der Waals surface area contributed by atoms with Gasteiger partial charge in [0.05, 0.1) is 12.1 Å². The highest BCUT2D eigenvalue weighted by atomic mass is 19.1. The molecule has 2 rings (SSSR count). The van der Waals surface area contributed by atoms with Crippen LogP contribution in [-0.2, 0) is 0 Å². The molecule has 0 aliphatic carbocycles. The molecule has 2 aromatic rings. The molecule has 1 aromatic carbocycles. The number of carbonyl (C=O) groups is 1. The number of aromatic nitrogens is 1. The number of nitrogens with one attached hydrogen (secondary N) is 2. The molecule has 0 aliphatic rings. The van der Waals surface area contributed by atoms with Crippen molar-refractivity contribution in [3.05, 3.63) is 35.8 Å². The van der Waals surface area contributed by atoms with E-state index < -0.39 is 5.82 Å². The van der Waals surface area contributed by atoms with E-state index in [9.17, 15) is 9.18 Å². The van der Waals surface area contributed by atoms with Gasteiger partial charge in [0.25, 0.3) is 0 Å². The Balaban J connectivity index is 2.50. The monoisotopic (exact) mass is 206 g/mol. The van der Waals surface area contributed by atoms with Crippen LogP contribution in [0, 0.1) is 5.82 Å². The molecule has 0 aliphatic heterocycles. The Labute approximate surface area is 86.3 Å².